The summed E-state index contributed by atoms with van der Waals surface area (Å²) >= 11 is 0. The number of carbonyl (C=O) groups excluding carboxylic acids is 1. The smallest absolute Gasteiger partial charge is 0.253 e. The first-order chi connectivity index (χ1) is 15.7. The zero-order valence-electron chi connectivity index (χ0n) is 20.1. The monoisotopic (exact) mass is 438 g/mol. The number of piperidine rings is 2. The fraction of sp³-hybridized carbons (Fsp3) is 0.741. The summed E-state index contributed by atoms with van der Waals surface area (Å²) < 4.78 is 0. The molecule has 5 heteroatoms. The highest BCUT2D eigenvalue weighted by Gasteiger charge is 2.33. The van der Waals surface area contributed by atoms with Crippen LogP contribution in [0.15, 0.2) is 24.3 Å². The molecule has 1 saturated carbocycles. The molecule has 4 aliphatic rings. The molecule has 32 heavy (non-hydrogen) atoms. The molecule has 0 spiro atoms. The van der Waals surface area contributed by atoms with Crippen LogP contribution in [0.3, 0.4) is 0 Å². The zero-order chi connectivity index (χ0) is 21.9. The third-order valence-electron chi connectivity index (χ3n) is 8.75. The Labute approximate surface area is 194 Å². The summed E-state index contributed by atoms with van der Waals surface area (Å²) in [6.45, 7) is 7.07. The van der Waals surface area contributed by atoms with E-state index in [-0.39, 0.29) is 5.91 Å². The SMILES string of the molecule is CN(C(=O)c1ccc(N2CCC(N3CCCCC3)CC2)cc1)[C@H]1CCN(C2CCCC2)C1. The Hall–Kier alpha value is -1.59. The molecule has 5 nitrogen and oxygen atoms in total. The van der Waals surface area contributed by atoms with Crippen LogP contribution in [0.5, 0.6) is 0 Å². The van der Waals surface area contributed by atoms with Crippen LogP contribution in [0, 0.1) is 0 Å². The van der Waals surface area contributed by atoms with E-state index in [2.05, 4.69) is 39.0 Å². The molecule has 1 atom stereocenters. The van der Waals surface area contributed by atoms with E-state index in [1.54, 1.807) is 0 Å². The van der Waals surface area contributed by atoms with Gasteiger partial charge in [0.1, 0.15) is 0 Å². The van der Waals surface area contributed by atoms with E-state index in [0.717, 1.165) is 50.2 Å². The van der Waals surface area contributed by atoms with Gasteiger partial charge in [-0.1, -0.05) is 19.3 Å². The second-order valence-corrected chi connectivity index (χ2v) is 10.7. The number of amides is 1. The van der Waals surface area contributed by atoms with Gasteiger partial charge in [-0.2, -0.15) is 0 Å². The van der Waals surface area contributed by atoms with Gasteiger partial charge in [-0.15, -0.1) is 0 Å². The molecule has 1 aliphatic carbocycles. The quantitative estimate of drug-likeness (QED) is 0.688. The average Bonchev–Trinajstić information content (AvgIpc) is 3.56. The molecule has 176 valence electrons. The lowest BCUT2D eigenvalue weighted by atomic mass is 9.99. The largest absolute Gasteiger partial charge is 0.371 e. The van der Waals surface area contributed by atoms with Crippen LogP contribution in [0.4, 0.5) is 5.69 Å². The lowest BCUT2D eigenvalue weighted by Gasteiger charge is -2.41. The van der Waals surface area contributed by atoms with Crippen LogP contribution >= 0.6 is 0 Å². The molecule has 0 aromatic heterocycles. The fourth-order valence-corrected chi connectivity index (χ4v) is 6.64. The maximum Gasteiger partial charge on any atom is 0.253 e. The molecular weight excluding hydrogens is 396 g/mol. The van der Waals surface area contributed by atoms with E-state index in [1.165, 1.54) is 76.6 Å². The standard InChI is InChI=1S/C27H42N4O/c1-28(26-15-20-31(21-26)23-7-3-4-8-23)27(32)22-9-11-24(12-10-22)30-18-13-25(14-19-30)29-16-5-2-6-17-29/h9-12,23,25-26H,2-8,13-21H2,1H3/t26-/m0/s1. The number of likely N-dealkylation sites (tertiary alicyclic amines) is 2. The van der Waals surface area contributed by atoms with E-state index in [4.69, 9.17) is 0 Å². The summed E-state index contributed by atoms with van der Waals surface area (Å²) in [7, 11) is 2.00. The van der Waals surface area contributed by atoms with Gasteiger partial charge in [0, 0.05) is 62.6 Å². The molecule has 3 heterocycles. The number of nitrogens with zero attached hydrogens (tertiary/aromatic N) is 4. The molecule has 1 aromatic rings. The first-order valence-corrected chi connectivity index (χ1v) is 13.3. The van der Waals surface area contributed by atoms with Gasteiger partial charge in [0.05, 0.1) is 0 Å². The average molecular weight is 439 g/mol. The Morgan fingerprint density at radius 2 is 1.41 bits per heavy atom. The lowest BCUT2D eigenvalue weighted by Crippen LogP contribution is -2.46. The van der Waals surface area contributed by atoms with Gasteiger partial charge in [-0.3, -0.25) is 9.69 Å². The van der Waals surface area contributed by atoms with Crippen molar-refractivity contribution < 1.29 is 4.79 Å². The lowest BCUT2D eigenvalue weighted by molar-refractivity contribution is 0.0730. The van der Waals surface area contributed by atoms with E-state index < -0.39 is 0 Å². The van der Waals surface area contributed by atoms with Crippen molar-refractivity contribution in [1.29, 1.82) is 0 Å². The van der Waals surface area contributed by atoms with Gasteiger partial charge in [-0.05, 0) is 82.3 Å². The van der Waals surface area contributed by atoms with E-state index >= 15 is 0 Å². The van der Waals surface area contributed by atoms with Crippen LogP contribution in [-0.4, -0.2) is 85.0 Å². The van der Waals surface area contributed by atoms with Gasteiger partial charge < -0.3 is 14.7 Å². The molecule has 3 aliphatic heterocycles. The molecule has 0 unspecified atom stereocenters. The van der Waals surface area contributed by atoms with Crippen molar-refractivity contribution in [3.8, 4) is 0 Å². The van der Waals surface area contributed by atoms with E-state index in [1.807, 2.05) is 11.9 Å². The van der Waals surface area contributed by atoms with Crippen molar-refractivity contribution in [1.82, 2.24) is 14.7 Å². The predicted octanol–water partition coefficient (Wildman–Crippen LogP) is 4.23. The van der Waals surface area contributed by atoms with Crippen molar-refractivity contribution in [2.75, 3.05) is 51.2 Å². The summed E-state index contributed by atoms with van der Waals surface area (Å²) in [6.07, 6.45) is 13.3. The highest BCUT2D eigenvalue weighted by Crippen LogP contribution is 2.29. The third-order valence-corrected chi connectivity index (χ3v) is 8.75. The van der Waals surface area contributed by atoms with Crippen LogP contribution < -0.4 is 4.90 Å². The Morgan fingerprint density at radius 1 is 0.750 bits per heavy atom. The molecule has 1 aromatic carbocycles. The number of hydrogen-bond donors (Lipinski definition) is 0. The number of rotatable bonds is 5. The number of carbonyl (C=O) groups is 1. The van der Waals surface area contributed by atoms with Crippen molar-refractivity contribution in [3.63, 3.8) is 0 Å². The minimum Gasteiger partial charge on any atom is -0.371 e. The second kappa shape index (κ2) is 10.1. The molecule has 3 saturated heterocycles. The molecule has 0 bridgehead atoms. The second-order valence-electron chi connectivity index (χ2n) is 10.7. The number of benzene rings is 1. The Balaban J connectivity index is 1.13. The Morgan fingerprint density at radius 3 is 2.09 bits per heavy atom. The minimum absolute atomic E-state index is 0.179. The summed E-state index contributed by atoms with van der Waals surface area (Å²) in [5.41, 5.74) is 2.10. The van der Waals surface area contributed by atoms with Gasteiger partial charge in [-0.25, -0.2) is 0 Å². The summed E-state index contributed by atoms with van der Waals surface area (Å²) in [4.78, 5) is 23.0. The van der Waals surface area contributed by atoms with Crippen LogP contribution in [0.1, 0.15) is 74.6 Å². The molecule has 1 amide bonds. The van der Waals surface area contributed by atoms with Gasteiger partial charge in [0.15, 0.2) is 0 Å². The van der Waals surface area contributed by atoms with Crippen LogP contribution in [0.2, 0.25) is 0 Å². The van der Waals surface area contributed by atoms with Crippen molar-refractivity contribution >= 4 is 11.6 Å². The van der Waals surface area contributed by atoms with Crippen molar-refractivity contribution in [2.24, 2.45) is 0 Å². The van der Waals surface area contributed by atoms with E-state index in [0.29, 0.717) is 6.04 Å². The molecule has 0 radical (unpaired) electrons. The van der Waals surface area contributed by atoms with Gasteiger partial charge >= 0.3 is 0 Å². The normalized spacial score (nSPS) is 26.7. The predicted molar refractivity (Wildman–Crippen MR) is 131 cm³/mol. The third kappa shape index (κ3) is 4.84. The highest BCUT2D eigenvalue weighted by molar-refractivity contribution is 5.94. The Bertz CT molecular complexity index is 745. The molecule has 4 fully saturated rings. The molecule has 5 rings (SSSR count). The Kier molecular flexibility index (Phi) is 7.03. The van der Waals surface area contributed by atoms with Crippen LogP contribution in [-0.2, 0) is 0 Å². The highest BCUT2D eigenvalue weighted by atomic mass is 16.2. The summed E-state index contributed by atoms with van der Waals surface area (Å²) in [5, 5.41) is 0. The van der Waals surface area contributed by atoms with Crippen LogP contribution in [0.25, 0.3) is 0 Å². The van der Waals surface area contributed by atoms with E-state index in [9.17, 15) is 4.79 Å². The summed E-state index contributed by atoms with van der Waals surface area (Å²) in [6, 6.07) is 10.3. The van der Waals surface area contributed by atoms with Gasteiger partial charge in [0.2, 0.25) is 0 Å². The van der Waals surface area contributed by atoms with Crippen molar-refractivity contribution in [2.45, 2.75) is 82.3 Å². The minimum atomic E-state index is 0.179. The van der Waals surface area contributed by atoms with Gasteiger partial charge in [0.25, 0.3) is 5.91 Å². The number of hydrogen-bond acceptors (Lipinski definition) is 4. The first-order valence-electron chi connectivity index (χ1n) is 13.3. The van der Waals surface area contributed by atoms with Crippen molar-refractivity contribution in [3.05, 3.63) is 29.8 Å². The number of likely N-dealkylation sites (N-methyl/N-ethyl adjacent to an activating group) is 1. The summed E-state index contributed by atoms with van der Waals surface area (Å²) in [5.74, 6) is 0.179. The number of anilines is 1. The fourth-order valence-electron chi connectivity index (χ4n) is 6.64. The maximum absolute atomic E-state index is 13.2. The first kappa shape index (κ1) is 22.2. The molecular formula is C27H42N4O. The topological polar surface area (TPSA) is 30.0 Å². The molecule has 0 N–H and O–H groups in total. The zero-order valence-corrected chi connectivity index (χ0v) is 20.1. The maximum atomic E-state index is 13.2.